The summed E-state index contributed by atoms with van der Waals surface area (Å²) in [6, 6.07) is 15.0. The maximum atomic E-state index is 12.1. The lowest BCUT2D eigenvalue weighted by Gasteiger charge is -2.10. The number of nitrogen functional groups attached to an aromatic ring is 1. The molecule has 0 heterocycles. The first-order valence-corrected chi connectivity index (χ1v) is 6.95. The molecule has 1 amide bonds. The minimum Gasteiger partial charge on any atom is -0.397 e. The van der Waals surface area contributed by atoms with Gasteiger partial charge in [-0.15, -0.1) is 0 Å². The van der Waals surface area contributed by atoms with Crippen LogP contribution in [-0.2, 0) is 6.42 Å². The van der Waals surface area contributed by atoms with Gasteiger partial charge in [0, 0.05) is 5.56 Å². The number of rotatable bonds is 5. The molecule has 0 aliphatic heterocycles. The van der Waals surface area contributed by atoms with E-state index in [0.717, 1.165) is 19.3 Å². The first-order chi connectivity index (χ1) is 9.70. The van der Waals surface area contributed by atoms with E-state index in [0.29, 0.717) is 16.9 Å². The van der Waals surface area contributed by atoms with Crippen LogP contribution in [0.2, 0.25) is 0 Å². The predicted molar refractivity (Wildman–Crippen MR) is 83.9 cm³/mol. The van der Waals surface area contributed by atoms with Crippen LogP contribution in [0.3, 0.4) is 0 Å². The summed E-state index contributed by atoms with van der Waals surface area (Å²) in [4.78, 5) is 12.1. The normalized spacial score (nSPS) is 10.2. The van der Waals surface area contributed by atoms with Crippen molar-refractivity contribution in [3.05, 3.63) is 59.7 Å². The van der Waals surface area contributed by atoms with Gasteiger partial charge in [0.25, 0.3) is 5.91 Å². The topological polar surface area (TPSA) is 55.1 Å². The Labute approximate surface area is 119 Å². The van der Waals surface area contributed by atoms with Gasteiger partial charge in [-0.05, 0) is 42.7 Å². The Hall–Kier alpha value is -2.29. The van der Waals surface area contributed by atoms with Gasteiger partial charge in [-0.1, -0.05) is 37.6 Å². The fourth-order valence-corrected chi connectivity index (χ4v) is 2.05. The van der Waals surface area contributed by atoms with E-state index in [1.807, 2.05) is 36.4 Å². The van der Waals surface area contributed by atoms with Crippen LogP contribution >= 0.6 is 0 Å². The van der Waals surface area contributed by atoms with Crippen LogP contribution in [0.4, 0.5) is 11.4 Å². The van der Waals surface area contributed by atoms with Crippen LogP contribution in [0.15, 0.2) is 48.5 Å². The maximum Gasteiger partial charge on any atom is 0.255 e. The third kappa shape index (κ3) is 3.60. The van der Waals surface area contributed by atoms with Crippen molar-refractivity contribution in [1.82, 2.24) is 0 Å². The number of hydrogen-bond acceptors (Lipinski definition) is 2. The van der Waals surface area contributed by atoms with Gasteiger partial charge >= 0.3 is 0 Å². The number of benzene rings is 2. The zero-order valence-electron chi connectivity index (χ0n) is 11.7. The number of hydrogen-bond donors (Lipinski definition) is 2. The number of unbranched alkanes of at least 4 members (excludes halogenated alkanes) is 1. The van der Waals surface area contributed by atoms with E-state index in [4.69, 9.17) is 5.73 Å². The van der Waals surface area contributed by atoms with Crippen molar-refractivity contribution in [2.75, 3.05) is 11.1 Å². The molecule has 104 valence electrons. The van der Waals surface area contributed by atoms with Crippen LogP contribution in [0, 0.1) is 0 Å². The van der Waals surface area contributed by atoms with Gasteiger partial charge in [0.15, 0.2) is 0 Å². The van der Waals surface area contributed by atoms with E-state index < -0.39 is 0 Å². The van der Waals surface area contributed by atoms with E-state index >= 15 is 0 Å². The van der Waals surface area contributed by atoms with Crippen LogP contribution < -0.4 is 11.1 Å². The Morgan fingerprint density at radius 1 is 1.15 bits per heavy atom. The molecule has 0 bridgehead atoms. The number of carbonyl (C=O) groups is 1. The summed E-state index contributed by atoms with van der Waals surface area (Å²) >= 11 is 0. The zero-order valence-corrected chi connectivity index (χ0v) is 11.7. The highest BCUT2D eigenvalue weighted by Crippen LogP contribution is 2.21. The summed E-state index contributed by atoms with van der Waals surface area (Å²) in [5.74, 6) is -0.140. The van der Waals surface area contributed by atoms with Crippen LogP contribution in [0.1, 0.15) is 35.7 Å². The number of carbonyl (C=O) groups excluding carboxylic acids is 1. The highest BCUT2D eigenvalue weighted by atomic mass is 16.1. The van der Waals surface area contributed by atoms with Gasteiger partial charge in [0.2, 0.25) is 0 Å². The summed E-state index contributed by atoms with van der Waals surface area (Å²) in [6.45, 7) is 2.16. The fourth-order valence-electron chi connectivity index (χ4n) is 2.05. The van der Waals surface area contributed by atoms with Crippen LogP contribution in [0.5, 0.6) is 0 Å². The quantitative estimate of drug-likeness (QED) is 0.809. The van der Waals surface area contributed by atoms with Crippen molar-refractivity contribution in [3.8, 4) is 0 Å². The molecule has 20 heavy (non-hydrogen) atoms. The predicted octanol–water partition coefficient (Wildman–Crippen LogP) is 3.86. The Morgan fingerprint density at radius 2 is 1.90 bits per heavy atom. The monoisotopic (exact) mass is 268 g/mol. The molecule has 2 aromatic rings. The van der Waals surface area contributed by atoms with E-state index in [1.54, 1.807) is 12.1 Å². The van der Waals surface area contributed by atoms with Gasteiger partial charge in [-0.25, -0.2) is 0 Å². The minimum atomic E-state index is -0.140. The summed E-state index contributed by atoms with van der Waals surface area (Å²) in [6.07, 6.45) is 3.33. The molecule has 0 aromatic heterocycles. The Bertz CT molecular complexity index is 579. The highest BCUT2D eigenvalue weighted by molar-refractivity contribution is 6.05. The van der Waals surface area contributed by atoms with Crippen molar-refractivity contribution in [1.29, 1.82) is 0 Å². The number of anilines is 2. The summed E-state index contributed by atoms with van der Waals surface area (Å²) in [5, 5.41) is 2.85. The zero-order chi connectivity index (χ0) is 14.4. The first kappa shape index (κ1) is 14.1. The van der Waals surface area contributed by atoms with Crippen LogP contribution in [0.25, 0.3) is 0 Å². The number of nitrogens with two attached hydrogens (primary N) is 1. The van der Waals surface area contributed by atoms with Gasteiger partial charge in [0.05, 0.1) is 11.4 Å². The second-order valence-electron chi connectivity index (χ2n) is 4.85. The van der Waals surface area contributed by atoms with E-state index in [9.17, 15) is 4.79 Å². The van der Waals surface area contributed by atoms with Gasteiger partial charge in [0.1, 0.15) is 0 Å². The Balaban J connectivity index is 2.08. The molecule has 0 aliphatic carbocycles. The highest BCUT2D eigenvalue weighted by Gasteiger charge is 2.07. The molecule has 0 saturated carbocycles. The molecule has 0 radical (unpaired) electrons. The second-order valence-corrected chi connectivity index (χ2v) is 4.85. The first-order valence-electron chi connectivity index (χ1n) is 6.95. The van der Waals surface area contributed by atoms with Crippen molar-refractivity contribution in [2.45, 2.75) is 26.2 Å². The molecule has 0 unspecified atom stereocenters. The SMILES string of the molecule is CCCCc1ccc(NC(=O)c2ccccc2)c(N)c1. The minimum absolute atomic E-state index is 0.140. The smallest absolute Gasteiger partial charge is 0.255 e. The van der Waals surface area contributed by atoms with Gasteiger partial charge in [-0.3, -0.25) is 4.79 Å². The molecule has 3 heteroatoms. The second kappa shape index (κ2) is 6.75. The molecule has 0 fully saturated rings. The lowest BCUT2D eigenvalue weighted by Crippen LogP contribution is -2.13. The van der Waals surface area contributed by atoms with Crippen molar-refractivity contribution < 1.29 is 4.79 Å². The molecule has 2 aromatic carbocycles. The Morgan fingerprint density at radius 3 is 2.55 bits per heavy atom. The number of nitrogens with one attached hydrogen (secondary N) is 1. The van der Waals surface area contributed by atoms with Gasteiger partial charge in [-0.2, -0.15) is 0 Å². The summed E-state index contributed by atoms with van der Waals surface area (Å²) < 4.78 is 0. The Kier molecular flexibility index (Phi) is 4.77. The van der Waals surface area contributed by atoms with E-state index in [2.05, 4.69) is 12.2 Å². The molecule has 0 spiro atoms. The molecule has 0 atom stereocenters. The summed E-state index contributed by atoms with van der Waals surface area (Å²) in [5.41, 5.74) is 9.12. The summed E-state index contributed by atoms with van der Waals surface area (Å²) in [7, 11) is 0. The lowest BCUT2D eigenvalue weighted by atomic mass is 10.1. The average molecular weight is 268 g/mol. The van der Waals surface area contributed by atoms with Crippen LogP contribution in [-0.4, -0.2) is 5.91 Å². The molecule has 0 saturated heterocycles. The third-order valence-electron chi connectivity index (χ3n) is 3.22. The molecule has 2 rings (SSSR count). The lowest BCUT2D eigenvalue weighted by molar-refractivity contribution is 0.102. The fraction of sp³-hybridized carbons (Fsp3) is 0.235. The van der Waals surface area contributed by atoms with Crippen molar-refractivity contribution in [2.24, 2.45) is 0 Å². The van der Waals surface area contributed by atoms with E-state index in [-0.39, 0.29) is 5.91 Å². The third-order valence-corrected chi connectivity index (χ3v) is 3.22. The standard InChI is InChI=1S/C17H20N2O/c1-2-3-7-13-10-11-16(15(18)12-13)19-17(20)14-8-5-4-6-9-14/h4-6,8-12H,2-3,7,18H2,1H3,(H,19,20). The molecular weight excluding hydrogens is 248 g/mol. The maximum absolute atomic E-state index is 12.1. The molecule has 0 aliphatic rings. The number of aryl methyl sites for hydroxylation is 1. The largest absolute Gasteiger partial charge is 0.397 e. The van der Waals surface area contributed by atoms with Gasteiger partial charge < -0.3 is 11.1 Å². The number of amides is 1. The van der Waals surface area contributed by atoms with E-state index in [1.165, 1.54) is 5.56 Å². The molecular formula is C17H20N2O. The van der Waals surface area contributed by atoms with Crippen molar-refractivity contribution in [3.63, 3.8) is 0 Å². The van der Waals surface area contributed by atoms with Crippen molar-refractivity contribution >= 4 is 17.3 Å². The molecule has 3 N–H and O–H groups in total. The molecule has 3 nitrogen and oxygen atoms in total. The average Bonchev–Trinajstić information content (AvgIpc) is 2.48.